The second kappa shape index (κ2) is 6.56. The van der Waals surface area contributed by atoms with Crippen molar-refractivity contribution in [1.82, 2.24) is 19.9 Å². The molecule has 0 saturated carbocycles. The number of nitrogens with one attached hydrogen (secondary N) is 1. The Hall–Kier alpha value is -1.33. The summed E-state index contributed by atoms with van der Waals surface area (Å²) < 4.78 is 4.09. The van der Waals surface area contributed by atoms with Crippen molar-refractivity contribution in [2.45, 2.75) is 32.2 Å². The third-order valence-electron chi connectivity index (χ3n) is 2.93. The Balaban J connectivity index is 2.15. The fourth-order valence-electron chi connectivity index (χ4n) is 1.97. The van der Waals surface area contributed by atoms with E-state index in [2.05, 4.69) is 38.9 Å². The van der Waals surface area contributed by atoms with E-state index in [-0.39, 0.29) is 6.04 Å². The predicted molar refractivity (Wildman–Crippen MR) is 73.6 cm³/mol. The largest absolute Gasteiger partial charge is 0.312 e. The molecular formula is C13H18N4S. The first-order valence-electron chi connectivity index (χ1n) is 6.22. The molecule has 4 nitrogen and oxygen atoms in total. The number of hydrogen-bond donors (Lipinski definition) is 1. The first kappa shape index (κ1) is 13.1. The fourth-order valence-corrected chi connectivity index (χ4v) is 2.77. The maximum Gasteiger partial charge on any atom is 0.0803 e. The second-order valence-corrected chi connectivity index (χ2v) is 5.02. The van der Waals surface area contributed by atoms with Crippen LogP contribution >= 0.6 is 11.5 Å². The fraction of sp³-hybridized carbons (Fsp3) is 0.462. The lowest BCUT2D eigenvalue weighted by Gasteiger charge is -2.15. The second-order valence-electron chi connectivity index (χ2n) is 4.23. The van der Waals surface area contributed by atoms with E-state index in [0.29, 0.717) is 0 Å². The molecule has 0 aromatic carbocycles. The lowest BCUT2D eigenvalue weighted by molar-refractivity contribution is 0.593. The van der Waals surface area contributed by atoms with Gasteiger partial charge >= 0.3 is 0 Å². The van der Waals surface area contributed by atoms with Crippen LogP contribution in [0.3, 0.4) is 0 Å². The zero-order valence-electron chi connectivity index (χ0n) is 10.8. The van der Waals surface area contributed by atoms with E-state index in [4.69, 9.17) is 0 Å². The van der Waals surface area contributed by atoms with Crippen molar-refractivity contribution in [3.63, 3.8) is 0 Å². The molecular weight excluding hydrogens is 244 g/mol. The van der Waals surface area contributed by atoms with Crippen LogP contribution in [0.5, 0.6) is 0 Å². The molecule has 0 fully saturated rings. The average molecular weight is 262 g/mol. The molecule has 1 N–H and O–H groups in total. The maximum absolute atomic E-state index is 4.23. The Morgan fingerprint density at radius 2 is 2.11 bits per heavy atom. The minimum atomic E-state index is 0.286. The van der Waals surface area contributed by atoms with Gasteiger partial charge in [0.05, 0.1) is 10.6 Å². The summed E-state index contributed by atoms with van der Waals surface area (Å²) in [6.45, 7) is 2.17. The molecule has 0 amide bonds. The number of hydrogen-bond acceptors (Lipinski definition) is 5. The van der Waals surface area contributed by atoms with Crippen LogP contribution in [0.1, 0.15) is 35.5 Å². The molecule has 0 spiro atoms. The molecule has 0 saturated heterocycles. The van der Waals surface area contributed by atoms with Crippen LogP contribution in [-0.2, 0) is 12.8 Å². The third kappa shape index (κ3) is 3.11. The van der Waals surface area contributed by atoms with Gasteiger partial charge in [0.1, 0.15) is 0 Å². The van der Waals surface area contributed by atoms with Gasteiger partial charge in [0, 0.05) is 18.4 Å². The summed E-state index contributed by atoms with van der Waals surface area (Å²) in [5.41, 5.74) is 2.41. The number of aryl methyl sites for hydroxylation is 1. The normalized spacial score (nSPS) is 12.6. The average Bonchev–Trinajstić information content (AvgIpc) is 2.86. The van der Waals surface area contributed by atoms with E-state index in [1.807, 2.05) is 19.4 Å². The minimum absolute atomic E-state index is 0.286. The van der Waals surface area contributed by atoms with E-state index in [1.54, 1.807) is 0 Å². The highest BCUT2D eigenvalue weighted by Crippen LogP contribution is 2.24. The summed E-state index contributed by atoms with van der Waals surface area (Å²) in [4.78, 5) is 5.31. The van der Waals surface area contributed by atoms with Crippen molar-refractivity contribution in [3.05, 3.63) is 40.7 Å². The number of pyridine rings is 1. The van der Waals surface area contributed by atoms with Crippen molar-refractivity contribution in [2.24, 2.45) is 0 Å². The van der Waals surface area contributed by atoms with Gasteiger partial charge in [-0.1, -0.05) is 17.8 Å². The summed E-state index contributed by atoms with van der Waals surface area (Å²) in [5.74, 6) is 0. The highest BCUT2D eigenvalue weighted by Gasteiger charge is 2.17. The number of nitrogens with zero attached hydrogens (tertiary/aromatic N) is 3. The molecule has 0 bridgehead atoms. The molecule has 2 aromatic heterocycles. The van der Waals surface area contributed by atoms with E-state index < -0.39 is 0 Å². The van der Waals surface area contributed by atoms with Crippen molar-refractivity contribution >= 4 is 11.5 Å². The van der Waals surface area contributed by atoms with Gasteiger partial charge in [0.15, 0.2) is 0 Å². The van der Waals surface area contributed by atoms with Gasteiger partial charge in [-0.2, -0.15) is 0 Å². The third-order valence-corrected chi connectivity index (χ3v) is 3.81. The SMILES string of the molecule is CCCc1nnsc1C(Cc1ccncc1)NC. The van der Waals surface area contributed by atoms with E-state index >= 15 is 0 Å². The summed E-state index contributed by atoms with van der Waals surface area (Å²) in [5, 5.41) is 7.59. The van der Waals surface area contributed by atoms with Crippen molar-refractivity contribution < 1.29 is 0 Å². The molecule has 0 aliphatic rings. The van der Waals surface area contributed by atoms with Gasteiger partial charge in [-0.15, -0.1) is 5.10 Å². The lowest BCUT2D eigenvalue weighted by atomic mass is 10.0. The molecule has 2 rings (SSSR count). The van der Waals surface area contributed by atoms with Crippen molar-refractivity contribution in [2.75, 3.05) is 7.05 Å². The van der Waals surface area contributed by atoms with Gasteiger partial charge < -0.3 is 5.32 Å². The van der Waals surface area contributed by atoms with E-state index in [1.165, 1.54) is 22.0 Å². The smallest absolute Gasteiger partial charge is 0.0803 e. The Morgan fingerprint density at radius 3 is 2.78 bits per heavy atom. The minimum Gasteiger partial charge on any atom is -0.312 e. The molecule has 96 valence electrons. The van der Waals surface area contributed by atoms with Crippen molar-refractivity contribution in [3.8, 4) is 0 Å². The Labute approximate surface area is 112 Å². The summed E-state index contributed by atoms with van der Waals surface area (Å²) >= 11 is 1.50. The monoisotopic (exact) mass is 262 g/mol. The molecule has 0 aliphatic carbocycles. The van der Waals surface area contributed by atoms with Crippen LogP contribution in [0.15, 0.2) is 24.5 Å². The zero-order chi connectivity index (χ0) is 12.8. The van der Waals surface area contributed by atoms with Gasteiger partial charge in [-0.05, 0) is 49.1 Å². The zero-order valence-corrected chi connectivity index (χ0v) is 11.6. The maximum atomic E-state index is 4.23. The molecule has 2 heterocycles. The molecule has 5 heteroatoms. The van der Waals surface area contributed by atoms with Crippen LogP contribution in [-0.4, -0.2) is 21.6 Å². The quantitative estimate of drug-likeness (QED) is 0.868. The molecule has 1 unspecified atom stereocenters. The number of rotatable bonds is 6. The van der Waals surface area contributed by atoms with Crippen LogP contribution in [0.25, 0.3) is 0 Å². The number of aromatic nitrogens is 3. The summed E-state index contributed by atoms with van der Waals surface area (Å²) in [6.07, 6.45) is 6.71. The van der Waals surface area contributed by atoms with Gasteiger partial charge in [0.25, 0.3) is 0 Å². The lowest BCUT2D eigenvalue weighted by Crippen LogP contribution is -2.19. The molecule has 2 aromatic rings. The molecule has 1 atom stereocenters. The Bertz CT molecular complexity index is 469. The first-order chi connectivity index (χ1) is 8.85. The van der Waals surface area contributed by atoms with Gasteiger partial charge in [0.2, 0.25) is 0 Å². The summed E-state index contributed by atoms with van der Waals surface area (Å²) in [6, 6.07) is 4.39. The van der Waals surface area contributed by atoms with Crippen molar-refractivity contribution in [1.29, 1.82) is 0 Å². The van der Waals surface area contributed by atoms with Crippen LogP contribution < -0.4 is 5.32 Å². The van der Waals surface area contributed by atoms with E-state index in [9.17, 15) is 0 Å². The van der Waals surface area contributed by atoms with Gasteiger partial charge in [-0.25, -0.2) is 0 Å². The van der Waals surface area contributed by atoms with E-state index in [0.717, 1.165) is 25.0 Å². The first-order valence-corrected chi connectivity index (χ1v) is 6.99. The Morgan fingerprint density at radius 1 is 1.33 bits per heavy atom. The molecule has 0 radical (unpaired) electrons. The highest BCUT2D eigenvalue weighted by atomic mass is 32.1. The highest BCUT2D eigenvalue weighted by molar-refractivity contribution is 7.05. The standard InChI is InChI=1S/C13H18N4S/c1-3-4-11-13(18-17-16-11)12(14-2)9-10-5-7-15-8-6-10/h5-8,12,14H,3-4,9H2,1-2H3. The predicted octanol–water partition coefficient (Wildman–Crippen LogP) is 2.39. The Kier molecular flexibility index (Phi) is 4.78. The summed E-state index contributed by atoms with van der Waals surface area (Å²) in [7, 11) is 1.99. The van der Waals surface area contributed by atoms with Crippen LogP contribution in [0, 0.1) is 0 Å². The van der Waals surface area contributed by atoms with Crippen LogP contribution in [0.4, 0.5) is 0 Å². The topological polar surface area (TPSA) is 50.7 Å². The van der Waals surface area contributed by atoms with Crippen LogP contribution in [0.2, 0.25) is 0 Å². The number of likely N-dealkylation sites (N-methyl/N-ethyl adjacent to an activating group) is 1. The molecule has 18 heavy (non-hydrogen) atoms. The molecule has 0 aliphatic heterocycles. The van der Waals surface area contributed by atoms with Gasteiger partial charge in [-0.3, -0.25) is 4.98 Å².